The van der Waals surface area contributed by atoms with Crippen molar-refractivity contribution in [1.29, 1.82) is 0 Å². The number of nitrogens with two attached hydrogens (primary N) is 1. The Morgan fingerprint density at radius 3 is 1.17 bits per heavy atom. The van der Waals surface area contributed by atoms with E-state index < -0.39 is 17.7 Å². The van der Waals surface area contributed by atoms with Crippen molar-refractivity contribution < 1.29 is 38.0 Å². The van der Waals surface area contributed by atoms with Gasteiger partial charge in [-0.25, -0.2) is 4.79 Å². The molecule has 0 aromatic heterocycles. The van der Waals surface area contributed by atoms with Crippen LogP contribution in [0.2, 0.25) is 0 Å². The zero-order valence-electron chi connectivity index (χ0n) is 42.6. The van der Waals surface area contributed by atoms with E-state index in [1.807, 2.05) is 227 Å². The Balaban J connectivity index is 0.000000238. The van der Waals surface area contributed by atoms with Gasteiger partial charge in [0.2, 0.25) is 0 Å². The average Bonchev–Trinajstić information content (AvgIpc) is 3.44. The first-order valence-corrected chi connectivity index (χ1v) is 27.1. The molecule has 0 aliphatic heterocycles. The van der Waals surface area contributed by atoms with E-state index in [4.69, 9.17) is 62.1 Å². The third-order valence-electron chi connectivity index (χ3n) is 10.9. The minimum Gasteiger partial charge on any atom is -0.490 e. The summed E-state index contributed by atoms with van der Waals surface area (Å²) in [5, 5.41) is 3.14. The van der Waals surface area contributed by atoms with Gasteiger partial charge in [-0.1, -0.05) is 146 Å². The van der Waals surface area contributed by atoms with Gasteiger partial charge in [-0.2, -0.15) is 0 Å². The van der Waals surface area contributed by atoms with E-state index in [0.717, 1.165) is 59.6 Å². The van der Waals surface area contributed by atoms with Gasteiger partial charge >= 0.3 is 6.09 Å². The van der Waals surface area contributed by atoms with Crippen molar-refractivity contribution in [2.24, 2.45) is 5.73 Å². The molecule has 0 radical (unpaired) electrons. The maximum Gasteiger partial charge on any atom is 0.408 e. The highest BCUT2D eigenvalue weighted by atomic mass is 79.9. The van der Waals surface area contributed by atoms with Gasteiger partial charge in [-0.3, -0.25) is 0 Å². The van der Waals surface area contributed by atoms with Crippen LogP contribution in [0.4, 0.5) is 4.79 Å². The predicted molar refractivity (Wildman–Crippen MR) is 311 cm³/mol. The first-order valence-electron chi connectivity index (χ1n) is 24.4. The summed E-state index contributed by atoms with van der Waals surface area (Å²) in [5.74, 6) is 4.25. The van der Waals surface area contributed by atoms with Crippen LogP contribution in [0, 0.1) is 0 Å². The second-order valence-electron chi connectivity index (χ2n) is 17.9. The highest BCUT2D eigenvalue weighted by Crippen LogP contribution is 2.33. The smallest absolute Gasteiger partial charge is 0.408 e. The van der Waals surface area contributed by atoms with Crippen LogP contribution < -0.4 is 39.5 Å². The Morgan fingerprint density at radius 1 is 0.474 bits per heavy atom. The summed E-state index contributed by atoms with van der Waals surface area (Å²) in [6, 6.07) is 66.1. The van der Waals surface area contributed by atoms with Crippen molar-refractivity contribution in [3.63, 3.8) is 0 Å². The van der Waals surface area contributed by atoms with Crippen LogP contribution in [0.25, 0.3) is 0 Å². The lowest BCUT2D eigenvalue weighted by Gasteiger charge is -2.24. The summed E-state index contributed by atoms with van der Waals surface area (Å²) < 4.78 is 43.0. The topological polar surface area (TPSA) is 120 Å². The van der Waals surface area contributed by atoms with Crippen molar-refractivity contribution in [1.82, 2.24) is 5.32 Å². The number of rotatable bonds is 21. The van der Waals surface area contributed by atoms with Crippen LogP contribution >= 0.6 is 55.1 Å². The lowest BCUT2D eigenvalue weighted by atomic mass is 10.1. The lowest BCUT2D eigenvalue weighted by Crippen LogP contribution is -2.37. The molecule has 8 aromatic rings. The quantitative estimate of drug-likeness (QED) is 0.0678. The SMILES string of the molecule is CC(C)(C)OC(=O)N[C@@H](COc1cc(OCc2ccccc2)ccc1Br)c1ccc(OCc2ccccc2)cc1.ClCCl.N[C@@H](COc1cc(OCc2ccccc2)ccc1Br)c1ccc(OCc2ccccc2)cc1. The summed E-state index contributed by atoms with van der Waals surface area (Å²) in [4.78, 5) is 12.7. The van der Waals surface area contributed by atoms with E-state index in [1.54, 1.807) is 0 Å². The number of hydrogen-bond donors (Lipinski definition) is 2. The van der Waals surface area contributed by atoms with Crippen LogP contribution in [0.15, 0.2) is 215 Å². The average molecular weight is 1190 g/mol. The molecule has 0 fully saturated rings. The number of benzene rings is 8. The fraction of sp³-hybridized carbons (Fsp3) is 0.210. The summed E-state index contributed by atoms with van der Waals surface area (Å²) in [6.45, 7) is 7.95. The number of nitrogens with one attached hydrogen (secondary N) is 1. The molecule has 10 nitrogen and oxygen atoms in total. The lowest BCUT2D eigenvalue weighted by molar-refractivity contribution is 0.0486. The van der Waals surface area contributed by atoms with E-state index in [9.17, 15) is 4.79 Å². The van der Waals surface area contributed by atoms with Crippen molar-refractivity contribution in [3.05, 3.63) is 249 Å². The Bertz CT molecular complexity index is 2920. The predicted octanol–water partition coefficient (Wildman–Crippen LogP) is 16.4. The van der Waals surface area contributed by atoms with Crippen molar-refractivity contribution in [2.45, 2.75) is 64.9 Å². The van der Waals surface area contributed by atoms with Crippen LogP contribution in [-0.4, -0.2) is 30.2 Å². The van der Waals surface area contributed by atoms with Crippen molar-refractivity contribution in [3.8, 4) is 34.5 Å². The minimum absolute atomic E-state index is 0.171. The molecule has 14 heteroatoms. The van der Waals surface area contributed by atoms with Crippen LogP contribution in [0.5, 0.6) is 34.5 Å². The second kappa shape index (κ2) is 31.4. The van der Waals surface area contributed by atoms with Gasteiger partial charge in [0.1, 0.15) is 79.7 Å². The minimum atomic E-state index is -0.627. The number of alkyl halides is 2. The van der Waals surface area contributed by atoms with E-state index >= 15 is 0 Å². The summed E-state index contributed by atoms with van der Waals surface area (Å²) in [6.07, 6.45) is -0.524. The van der Waals surface area contributed by atoms with Crippen molar-refractivity contribution >= 4 is 61.2 Å². The molecule has 0 aliphatic carbocycles. The number of hydrogen-bond acceptors (Lipinski definition) is 9. The third-order valence-corrected chi connectivity index (χ3v) is 12.2. The monoisotopic (exact) mass is 1190 g/mol. The van der Waals surface area contributed by atoms with Gasteiger partial charge < -0.3 is 44.2 Å². The molecule has 3 N–H and O–H groups in total. The highest BCUT2D eigenvalue weighted by Gasteiger charge is 2.22. The standard InChI is InChI=1S/C33H34BrNO5.C28H26BrNO3.CH2Cl2/c1-33(2,3)40-32(36)35-30(26-14-16-27(17-15-26)37-21-24-10-6-4-7-11-24)23-39-31-20-28(18-19-29(31)34)38-22-25-12-8-5-9-13-25;29-26-16-15-25(32-19-22-9-5-2-6-10-22)17-28(26)33-20-27(30)23-11-13-24(14-12-23)31-18-21-7-3-1-4-8-21;2-1-3/h4-20,30H,21-23H2,1-3H3,(H,35,36);1-17,27H,18-20,30H2;1H2/t30-;27-;/m00./s1. The fourth-order valence-corrected chi connectivity index (χ4v) is 7.78. The van der Waals surface area contributed by atoms with Gasteiger partial charge in [-0.15, -0.1) is 23.2 Å². The first-order chi connectivity index (χ1) is 36.8. The summed E-state index contributed by atoms with van der Waals surface area (Å²) in [5.41, 5.74) is 12.0. The number of carbonyl (C=O) groups excluding carboxylic acids is 1. The molecule has 0 saturated carbocycles. The van der Waals surface area contributed by atoms with Gasteiger partial charge in [0.15, 0.2) is 0 Å². The maximum atomic E-state index is 12.7. The first kappa shape index (κ1) is 58.6. The normalized spacial score (nSPS) is 11.5. The molecule has 0 heterocycles. The number of amides is 1. The number of alkyl carbamates (subject to hydrolysis) is 1. The van der Waals surface area contributed by atoms with E-state index in [1.165, 1.54) is 0 Å². The van der Waals surface area contributed by atoms with Gasteiger partial charge in [0.25, 0.3) is 0 Å². The largest absolute Gasteiger partial charge is 0.490 e. The second-order valence-corrected chi connectivity index (χ2v) is 20.5. The van der Waals surface area contributed by atoms with E-state index in [-0.39, 0.29) is 18.0 Å². The zero-order chi connectivity index (χ0) is 54.0. The maximum absolute atomic E-state index is 12.7. The number of ether oxygens (including phenoxy) is 7. The molecular weight excluding hydrogens is 1130 g/mol. The van der Waals surface area contributed by atoms with E-state index in [2.05, 4.69) is 37.2 Å². The van der Waals surface area contributed by atoms with Crippen molar-refractivity contribution in [2.75, 3.05) is 18.6 Å². The Labute approximate surface area is 473 Å². The third kappa shape index (κ3) is 21.2. The van der Waals surface area contributed by atoms with Crippen LogP contribution in [0.1, 0.15) is 66.2 Å². The summed E-state index contributed by atoms with van der Waals surface area (Å²) in [7, 11) is 0. The fourth-order valence-electron chi connectivity index (χ4n) is 7.06. The molecule has 2 atom stereocenters. The van der Waals surface area contributed by atoms with Crippen LogP contribution in [-0.2, 0) is 31.2 Å². The molecule has 0 bridgehead atoms. The van der Waals surface area contributed by atoms with Gasteiger partial charge in [-0.05, 0) is 135 Å². The molecule has 76 heavy (non-hydrogen) atoms. The Morgan fingerprint density at radius 2 is 0.803 bits per heavy atom. The highest BCUT2D eigenvalue weighted by molar-refractivity contribution is 9.11. The molecule has 0 spiro atoms. The van der Waals surface area contributed by atoms with Crippen LogP contribution in [0.3, 0.4) is 0 Å². The zero-order valence-corrected chi connectivity index (χ0v) is 47.3. The molecule has 396 valence electrons. The molecule has 0 saturated heterocycles. The van der Waals surface area contributed by atoms with Gasteiger partial charge in [0, 0.05) is 12.1 Å². The van der Waals surface area contributed by atoms with Gasteiger partial charge in [0.05, 0.1) is 26.4 Å². The Hall–Kier alpha value is -6.67. The number of halogens is 4. The molecule has 0 unspecified atom stereocenters. The molecular formula is C62H62Br2Cl2N2O8. The molecule has 8 aromatic carbocycles. The Kier molecular flexibility index (Phi) is 24.2. The summed E-state index contributed by atoms with van der Waals surface area (Å²) >= 11 is 16.6. The molecule has 1 amide bonds. The number of carbonyl (C=O) groups is 1. The van der Waals surface area contributed by atoms with E-state index in [0.29, 0.717) is 50.3 Å². The molecule has 8 rings (SSSR count). The molecule has 0 aliphatic rings.